The highest BCUT2D eigenvalue weighted by Gasteiger charge is 2.22. The van der Waals surface area contributed by atoms with Gasteiger partial charge in [-0.2, -0.15) is 17.6 Å². The molecule has 0 saturated carbocycles. The molecular formula is C10H8ClN3O4S. The number of benzene rings is 1. The number of halogens is 1. The van der Waals surface area contributed by atoms with Gasteiger partial charge in [0.2, 0.25) is 0 Å². The lowest BCUT2D eigenvalue weighted by Gasteiger charge is -2.04. The van der Waals surface area contributed by atoms with Crippen molar-refractivity contribution < 1.29 is 13.3 Å². The minimum atomic E-state index is -3.95. The van der Waals surface area contributed by atoms with Crippen LogP contribution in [0.4, 0.5) is 5.69 Å². The van der Waals surface area contributed by atoms with Crippen LogP contribution >= 0.6 is 11.6 Å². The summed E-state index contributed by atoms with van der Waals surface area (Å²) in [6, 6.07) is 4.79. The second-order valence-electron chi connectivity index (χ2n) is 3.71. The SMILES string of the molecule is Cc1ccn(S(=O)(=O)c2ccc(Cl)c([N+](=O)[O-])c2)n1. The first-order valence-corrected chi connectivity index (χ1v) is 6.86. The molecule has 1 heterocycles. The van der Waals surface area contributed by atoms with E-state index in [-0.39, 0.29) is 9.92 Å². The van der Waals surface area contributed by atoms with Crippen molar-refractivity contribution in [3.05, 3.63) is 51.3 Å². The third-order valence-electron chi connectivity index (χ3n) is 2.36. The zero-order chi connectivity index (χ0) is 14.2. The maximum absolute atomic E-state index is 12.2. The average Bonchev–Trinajstić information content (AvgIpc) is 2.76. The van der Waals surface area contributed by atoms with Gasteiger partial charge in [0.15, 0.2) is 0 Å². The highest BCUT2D eigenvalue weighted by molar-refractivity contribution is 7.89. The van der Waals surface area contributed by atoms with E-state index in [1.165, 1.54) is 24.4 Å². The molecule has 0 amide bonds. The Bertz CT molecular complexity index is 754. The van der Waals surface area contributed by atoms with Gasteiger partial charge in [-0.15, -0.1) is 0 Å². The summed E-state index contributed by atoms with van der Waals surface area (Å²) >= 11 is 5.63. The van der Waals surface area contributed by atoms with Crippen molar-refractivity contribution in [1.82, 2.24) is 9.19 Å². The molecule has 0 aliphatic carbocycles. The first-order valence-electron chi connectivity index (χ1n) is 5.04. The van der Waals surface area contributed by atoms with Crippen LogP contribution in [0.15, 0.2) is 35.4 Å². The van der Waals surface area contributed by atoms with Crippen molar-refractivity contribution in [3.8, 4) is 0 Å². The molecule has 100 valence electrons. The summed E-state index contributed by atoms with van der Waals surface area (Å²) < 4.78 is 25.1. The molecule has 0 bridgehead atoms. The molecule has 2 aromatic rings. The summed E-state index contributed by atoms with van der Waals surface area (Å²) in [6.45, 7) is 1.64. The number of hydrogen-bond donors (Lipinski definition) is 0. The standard InChI is InChI=1S/C10H8ClN3O4S/c1-7-4-5-13(12-7)19(17,18)8-2-3-9(11)10(6-8)14(15)16/h2-6H,1H3. The van der Waals surface area contributed by atoms with E-state index in [0.29, 0.717) is 5.69 Å². The quantitative estimate of drug-likeness (QED) is 0.638. The number of nitro benzene ring substituents is 1. The van der Waals surface area contributed by atoms with Gasteiger partial charge < -0.3 is 0 Å². The maximum atomic E-state index is 12.2. The van der Waals surface area contributed by atoms with Crippen LogP contribution < -0.4 is 0 Å². The second-order valence-corrected chi connectivity index (χ2v) is 5.91. The van der Waals surface area contributed by atoms with Gasteiger partial charge in [0.25, 0.3) is 15.7 Å². The van der Waals surface area contributed by atoms with Crippen LogP contribution in [0.25, 0.3) is 0 Å². The van der Waals surface area contributed by atoms with Gasteiger partial charge in [0.1, 0.15) is 5.02 Å². The van der Waals surface area contributed by atoms with E-state index in [4.69, 9.17) is 11.6 Å². The third kappa shape index (κ3) is 2.45. The van der Waals surface area contributed by atoms with Crippen LogP contribution in [0, 0.1) is 17.0 Å². The molecule has 7 nitrogen and oxygen atoms in total. The Morgan fingerprint density at radius 1 is 1.37 bits per heavy atom. The minimum Gasteiger partial charge on any atom is -0.258 e. The third-order valence-corrected chi connectivity index (χ3v) is 4.22. The van der Waals surface area contributed by atoms with Gasteiger partial charge in [-0.05, 0) is 25.1 Å². The smallest absolute Gasteiger partial charge is 0.258 e. The topological polar surface area (TPSA) is 95.1 Å². The van der Waals surface area contributed by atoms with Crippen molar-refractivity contribution in [2.45, 2.75) is 11.8 Å². The molecule has 0 aliphatic heterocycles. The number of aromatic nitrogens is 2. The van der Waals surface area contributed by atoms with Gasteiger partial charge in [-0.1, -0.05) is 11.6 Å². The molecule has 0 saturated heterocycles. The summed E-state index contributed by atoms with van der Waals surface area (Å²) in [5.41, 5.74) is 0.0543. The Kier molecular flexibility index (Phi) is 3.29. The van der Waals surface area contributed by atoms with Crippen molar-refractivity contribution in [2.24, 2.45) is 0 Å². The Balaban J connectivity index is 2.59. The molecule has 1 aromatic heterocycles. The summed E-state index contributed by atoms with van der Waals surface area (Å²) in [5.74, 6) is 0. The van der Waals surface area contributed by atoms with Crippen LogP contribution in [-0.4, -0.2) is 22.5 Å². The molecule has 0 fully saturated rings. The predicted molar refractivity (Wildman–Crippen MR) is 67.7 cm³/mol. The molecule has 0 N–H and O–H groups in total. The first kappa shape index (κ1) is 13.5. The fourth-order valence-corrected chi connectivity index (χ4v) is 2.79. The molecule has 9 heteroatoms. The van der Waals surface area contributed by atoms with Gasteiger partial charge in [-0.25, -0.2) is 0 Å². The molecule has 0 unspecified atom stereocenters. The summed E-state index contributed by atoms with van der Waals surface area (Å²) in [4.78, 5) is 9.76. The zero-order valence-corrected chi connectivity index (χ0v) is 11.2. The summed E-state index contributed by atoms with van der Waals surface area (Å²) in [7, 11) is -3.95. The highest BCUT2D eigenvalue weighted by Crippen LogP contribution is 2.27. The Morgan fingerprint density at radius 2 is 2.05 bits per heavy atom. The lowest BCUT2D eigenvalue weighted by atomic mass is 10.3. The highest BCUT2D eigenvalue weighted by atomic mass is 35.5. The molecule has 0 atom stereocenters. The molecule has 19 heavy (non-hydrogen) atoms. The molecular weight excluding hydrogens is 294 g/mol. The molecule has 1 aromatic carbocycles. The van der Waals surface area contributed by atoms with E-state index >= 15 is 0 Å². The number of hydrogen-bond acceptors (Lipinski definition) is 5. The van der Waals surface area contributed by atoms with Gasteiger partial charge in [0, 0.05) is 12.3 Å². The van der Waals surface area contributed by atoms with E-state index in [0.717, 1.165) is 10.2 Å². The van der Waals surface area contributed by atoms with Crippen LogP contribution in [0.1, 0.15) is 5.69 Å². The molecule has 0 aliphatic rings. The van der Waals surface area contributed by atoms with Crippen LogP contribution in [0.2, 0.25) is 5.02 Å². The number of aryl methyl sites for hydroxylation is 1. The lowest BCUT2D eigenvalue weighted by molar-refractivity contribution is -0.384. The average molecular weight is 302 g/mol. The lowest BCUT2D eigenvalue weighted by Crippen LogP contribution is -2.14. The van der Waals surface area contributed by atoms with E-state index in [1.54, 1.807) is 6.92 Å². The normalized spacial score (nSPS) is 11.5. The Labute approximate surface area is 113 Å². The predicted octanol–water partition coefficient (Wildman–Crippen LogP) is 1.99. The molecule has 2 rings (SSSR count). The van der Waals surface area contributed by atoms with Gasteiger partial charge in [-0.3, -0.25) is 10.1 Å². The monoisotopic (exact) mass is 301 g/mol. The Hall–Kier alpha value is -1.93. The molecule has 0 spiro atoms. The van der Waals surface area contributed by atoms with Crippen molar-refractivity contribution in [3.63, 3.8) is 0 Å². The van der Waals surface area contributed by atoms with Crippen molar-refractivity contribution in [2.75, 3.05) is 0 Å². The van der Waals surface area contributed by atoms with E-state index in [9.17, 15) is 18.5 Å². The fourth-order valence-electron chi connectivity index (χ4n) is 1.43. The maximum Gasteiger partial charge on any atom is 0.289 e. The van der Waals surface area contributed by atoms with E-state index in [2.05, 4.69) is 5.10 Å². The van der Waals surface area contributed by atoms with Crippen molar-refractivity contribution in [1.29, 1.82) is 0 Å². The first-order chi connectivity index (χ1) is 8.82. The number of nitrogens with zero attached hydrogens (tertiary/aromatic N) is 3. The summed E-state index contributed by atoms with van der Waals surface area (Å²) in [6.07, 6.45) is 1.27. The van der Waals surface area contributed by atoms with E-state index in [1.807, 2.05) is 0 Å². The number of nitro groups is 1. The van der Waals surface area contributed by atoms with Crippen LogP contribution in [0.3, 0.4) is 0 Å². The summed E-state index contributed by atoms with van der Waals surface area (Å²) in [5, 5.41) is 14.4. The molecule has 0 radical (unpaired) electrons. The van der Waals surface area contributed by atoms with Crippen LogP contribution in [0.5, 0.6) is 0 Å². The van der Waals surface area contributed by atoms with E-state index < -0.39 is 20.6 Å². The fraction of sp³-hybridized carbons (Fsp3) is 0.100. The second kappa shape index (κ2) is 4.63. The Morgan fingerprint density at radius 3 is 2.58 bits per heavy atom. The zero-order valence-electron chi connectivity index (χ0n) is 9.65. The number of rotatable bonds is 3. The largest absolute Gasteiger partial charge is 0.289 e. The van der Waals surface area contributed by atoms with Gasteiger partial charge >= 0.3 is 0 Å². The minimum absolute atomic E-state index is 0.124. The van der Waals surface area contributed by atoms with Crippen LogP contribution in [-0.2, 0) is 10.0 Å². The van der Waals surface area contributed by atoms with Gasteiger partial charge in [0.05, 0.1) is 15.5 Å². The van der Waals surface area contributed by atoms with Crippen molar-refractivity contribution >= 4 is 27.3 Å².